The van der Waals surface area contributed by atoms with E-state index in [4.69, 9.17) is 9.47 Å². The van der Waals surface area contributed by atoms with Crippen molar-refractivity contribution in [1.29, 1.82) is 0 Å². The number of nitrogens with zero attached hydrogens (tertiary/aromatic N) is 2. The number of halogens is 1. The first-order valence-electron chi connectivity index (χ1n) is 10.1. The zero-order chi connectivity index (χ0) is 19.6. The van der Waals surface area contributed by atoms with Crippen LogP contribution in [0.4, 0.5) is 0 Å². The van der Waals surface area contributed by atoms with Gasteiger partial charge in [-0.1, -0.05) is 19.4 Å². The largest absolute Gasteiger partial charge is 0.379 e. The predicted octanol–water partition coefficient (Wildman–Crippen LogP) is 2.63. The fraction of sp³-hybridized carbons (Fsp3) is 0.700. The molecule has 162 valence electrons. The second-order valence-corrected chi connectivity index (χ2v) is 6.21. The molecule has 1 aromatic heterocycles. The molecule has 0 atom stereocenters. The molecule has 0 aliphatic heterocycles. The Balaban J connectivity index is 0.00000729. The van der Waals surface area contributed by atoms with Crippen LogP contribution >= 0.6 is 24.0 Å². The number of nitrogens with one attached hydrogen (secondary N) is 2. The fourth-order valence-electron chi connectivity index (χ4n) is 2.38. The minimum absolute atomic E-state index is 0. The molecule has 0 spiro atoms. The van der Waals surface area contributed by atoms with Crippen LogP contribution < -0.4 is 16.2 Å². The molecular formula is C20H37IN4O3. The van der Waals surface area contributed by atoms with E-state index in [-0.39, 0.29) is 29.5 Å². The maximum Gasteiger partial charge on any atom is 0.250 e. The van der Waals surface area contributed by atoms with Crippen molar-refractivity contribution in [3.63, 3.8) is 0 Å². The molecule has 0 unspecified atom stereocenters. The van der Waals surface area contributed by atoms with Crippen molar-refractivity contribution in [2.75, 3.05) is 46.1 Å². The number of aryl methyl sites for hydroxylation is 1. The van der Waals surface area contributed by atoms with Crippen LogP contribution in [-0.2, 0) is 16.0 Å². The molecular weight excluding hydrogens is 471 g/mol. The Morgan fingerprint density at radius 1 is 1.04 bits per heavy atom. The van der Waals surface area contributed by atoms with Gasteiger partial charge in [0, 0.05) is 45.0 Å². The van der Waals surface area contributed by atoms with Crippen LogP contribution in [0.25, 0.3) is 0 Å². The summed E-state index contributed by atoms with van der Waals surface area (Å²) in [5.41, 5.74) is 0.0479. The number of unbranched alkanes of at least 4 members (excludes halogenated alkanes) is 2. The Kier molecular flexibility index (Phi) is 18.4. The van der Waals surface area contributed by atoms with Crippen molar-refractivity contribution in [2.24, 2.45) is 4.99 Å². The Morgan fingerprint density at radius 3 is 2.54 bits per heavy atom. The van der Waals surface area contributed by atoms with Crippen molar-refractivity contribution >= 4 is 29.9 Å². The third-order valence-electron chi connectivity index (χ3n) is 3.87. The molecule has 0 radical (unpaired) electrons. The highest BCUT2D eigenvalue weighted by Crippen LogP contribution is 1.94. The van der Waals surface area contributed by atoms with Crippen molar-refractivity contribution in [1.82, 2.24) is 15.2 Å². The van der Waals surface area contributed by atoms with Crippen LogP contribution in [0.5, 0.6) is 0 Å². The molecule has 0 saturated carbocycles. The van der Waals surface area contributed by atoms with Gasteiger partial charge in [-0.25, -0.2) is 0 Å². The smallest absolute Gasteiger partial charge is 0.250 e. The number of hydrogen-bond donors (Lipinski definition) is 2. The van der Waals surface area contributed by atoms with Crippen LogP contribution in [0.15, 0.2) is 34.2 Å². The van der Waals surface area contributed by atoms with Crippen LogP contribution in [0, 0.1) is 0 Å². The second-order valence-electron chi connectivity index (χ2n) is 6.21. The van der Waals surface area contributed by atoms with E-state index in [0.29, 0.717) is 26.4 Å². The Bertz CT molecular complexity index is 566. The van der Waals surface area contributed by atoms with Gasteiger partial charge in [-0.3, -0.25) is 9.79 Å². The van der Waals surface area contributed by atoms with Gasteiger partial charge < -0.3 is 24.7 Å². The number of ether oxygens (including phenoxy) is 2. The van der Waals surface area contributed by atoms with Crippen molar-refractivity contribution in [3.05, 3.63) is 34.7 Å². The fourth-order valence-corrected chi connectivity index (χ4v) is 2.38. The number of aliphatic imine (C=N–C) groups is 1. The molecule has 0 aliphatic rings. The SMILES string of the molecule is CCCCOCCOCCNC(=NCCCCn1ccccc1=O)NCC.I. The van der Waals surface area contributed by atoms with Gasteiger partial charge in [-0.2, -0.15) is 0 Å². The van der Waals surface area contributed by atoms with Crippen molar-refractivity contribution < 1.29 is 9.47 Å². The average molecular weight is 508 g/mol. The quantitative estimate of drug-likeness (QED) is 0.165. The normalized spacial score (nSPS) is 11.1. The maximum absolute atomic E-state index is 11.6. The summed E-state index contributed by atoms with van der Waals surface area (Å²) in [4.78, 5) is 16.2. The van der Waals surface area contributed by atoms with E-state index in [9.17, 15) is 4.79 Å². The lowest BCUT2D eigenvalue weighted by molar-refractivity contribution is 0.0487. The van der Waals surface area contributed by atoms with Crippen LogP contribution in [0.2, 0.25) is 0 Å². The zero-order valence-corrected chi connectivity index (χ0v) is 19.7. The maximum atomic E-state index is 11.6. The van der Waals surface area contributed by atoms with E-state index in [1.165, 1.54) is 0 Å². The molecule has 0 saturated heterocycles. The van der Waals surface area contributed by atoms with E-state index in [2.05, 4.69) is 22.5 Å². The summed E-state index contributed by atoms with van der Waals surface area (Å²) in [5.74, 6) is 0.803. The zero-order valence-electron chi connectivity index (χ0n) is 17.3. The van der Waals surface area contributed by atoms with E-state index >= 15 is 0 Å². The molecule has 28 heavy (non-hydrogen) atoms. The third-order valence-corrected chi connectivity index (χ3v) is 3.87. The minimum atomic E-state index is 0. The van der Waals surface area contributed by atoms with Gasteiger partial charge in [0.15, 0.2) is 5.96 Å². The molecule has 7 nitrogen and oxygen atoms in total. The summed E-state index contributed by atoms with van der Waals surface area (Å²) < 4.78 is 12.7. The number of pyridine rings is 1. The van der Waals surface area contributed by atoms with Gasteiger partial charge in [0.05, 0.1) is 19.8 Å². The topological polar surface area (TPSA) is 76.9 Å². The molecule has 1 heterocycles. The van der Waals surface area contributed by atoms with E-state index in [1.807, 2.05) is 19.2 Å². The summed E-state index contributed by atoms with van der Waals surface area (Å²) in [6.07, 6.45) is 5.94. The average Bonchev–Trinajstić information content (AvgIpc) is 2.67. The van der Waals surface area contributed by atoms with Crippen LogP contribution in [0.1, 0.15) is 39.5 Å². The monoisotopic (exact) mass is 508 g/mol. The third kappa shape index (κ3) is 14.0. The minimum Gasteiger partial charge on any atom is -0.379 e. The van der Waals surface area contributed by atoms with Crippen LogP contribution in [0.3, 0.4) is 0 Å². The number of hydrogen-bond acceptors (Lipinski definition) is 4. The summed E-state index contributed by atoms with van der Waals surface area (Å²) >= 11 is 0. The summed E-state index contributed by atoms with van der Waals surface area (Å²) in [6.45, 7) is 9.89. The molecule has 0 aromatic carbocycles. The van der Waals surface area contributed by atoms with Crippen molar-refractivity contribution in [3.8, 4) is 0 Å². The lowest BCUT2D eigenvalue weighted by Crippen LogP contribution is -2.39. The highest BCUT2D eigenvalue weighted by molar-refractivity contribution is 14.0. The predicted molar refractivity (Wildman–Crippen MR) is 126 cm³/mol. The molecule has 0 aliphatic carbocycles. The van der Waals surface area contributed by atoms with E-state index < -0.39 is 0 Å². The van der Waals surface area contributed by atoms with E-state index in [1.54, 1.807) is 16.7 Å². The van der Waals surface area contributed by atoms with Gasteiger partial charge in [-0.15, -0.1) is 24.0 Å². The molecule has 2 N–H and O–H groups in total. The van der Waals surface area contributed by atoms with Crippen molar-refractivity contribution in [2.45, 2.75) is 46.1 Å². The highest BCUT2D eigenvalue weighted by Gasteiger charge is 1.98. The lowest BCUT2D eigenvalue weighted by Gasteiger charge is -2.11. The molecule has 1 rings (SSSR count). The molecule has 0 fully saturated rings. The number of aromatic nitrogens is 1. The first-order chi connectivity index (χ1) is 13.3. The van der Waals surface area contributed by atoms with Gasteiger partial charge in [0.25, 0.3) is 0 Å². The van der Waals surface area contributed by atoms with Gasteiger partial charge >= 0.3 is 0 Å². The van der Waals surface area contributed by atoms with E-state index in [0.717, 1.165) is 57.9 Å². The standard InChI is InChI=1S/C20H36N4O3.HI/c1-3-5-15-26-17-18-27-16-12-23-20(21-4-2)22-11-7-9-14-24-13-8-6-10-19(24)25;/h6,8,10,13H,3-5,7,9,11-12,14-18H2,1-2H3,(H2,21,22,23);1H. The molecule has 1 aromatic rings. The first-order valence-corrected chi connectivity index (χ1v) is 10.1. The summed E-state index contributed by atoms with van der Waals surface area (Å²) in [7, 11) is 0. The first kappa shape index (κ1) is 26.9. The number of guanidine groups is 1. The Morgan fingerprint density at radius 2 is 1.82 bits per heavy atom. The summed E-state index contributed by atoms with van der Waals surface area (Å²) in [6, 6.07) is 5.23. The van der Waals surface area contributed by atoms with Gasteiger partial charge in [0.1, 0.15) is 0 Å². The summed E-state index contributed by atoms with van der Waals surface area (Å²) in [5, 5.41) is 6.50. The molecule has 0 bridgehead atoms. The highest BCUT2D eigenvalue weighted by atomic mass is 127. The van der Waals surface area contributed by atoms with Gasteiger partial charge in [-0.05, 0) is 32.3 Å². The molecule has 8 heteroatoms. The molecule has 0 amide bonds. The lowest BCUT2D eigenvalue weighted by atomic mass is 10.3. The Hall–Kier alpha value is -1.13. The number of rotatable bonds is 15. The van der Waals surface area contributed by atoms with Crippen LogP contribution in [-0.4, -0.2) is 56.6 Å². The Labute approximate surface area is 186 Å². The second kappa shape index (κ2) is 19.2. The van der Waals surface area contributed by atoms with Gasteiger partial charge in [0.2, 0.25) is 5.56 Å².